The topological polar surface area (TPSA) is 75.9 Å². The molecule has 0 amide bonds. The van der Waals surface area contributed by atoms with Crippen molar-refractivity contribution in [2.45, 2.75) is 38.1 Å². The average Bonchev–Trinajstić information content (AvgIpc) is 3.19. The molecule has 4 rings (SSSR count). The highest BCUT2D eigenvalue weighted by Gasteiger charge is 2.23. The predicted molar refractivity (Wildman–Crippen MR) is 106 cm³/mol. The number of aliphatic hydroxyl groups is 1. The number of hydrogen-bond donors (Lipinski definition) is 2. The molecule has 0 saturated heterocycles. The Balaban J connectivity index is 1.80. The fraction of sp³-hybridized carbons (Fsp3) is 0.381. The van der Waals surface area contributed by atoms with Crippen LogP contribution in [-0.2, 0) is 0 Å². The number of aromatic nitrogens is 4. The van der Waals surface area contributed by atoms with Crippen molar-refractivity contribution < 1.29 is 9.50 Å². The van der Waals surface area contributed by atoms with Gasteiger partial charge in [-0.2, -0.15) is 0 Å². The zero-order valence-corrected chi connectivity index (χ0v) is 15.7. The van der Waals surface area contributed by atoms with Crippen LogP contribution in [0.2, 0.25) is 0 Å². The number of imidazole rings is 1. The summed E-state index contributed by atoms with van der Waals surface area (Å²) in [6.07, 6.45) is 9.51. The largest absolute Gasteiger partial charge is 0.395 e. The van der Waals surface area contributed by atoms with Gasteiger partial charge in [-0.15, -0.1) is 0 Å². The van der Waals surface area contributed by atoms with E-state index in [1.807, 2.05) is 12.4 Å². The second-order valence-corrected chi connectivity index (χ2v) is 7.06. The molecule has 0 spiro atoms. The van der Waals surface area contributed by atoms with Crippen molar-refractivity contribution in [2.75, 3.05) is 18.5 Å². The van der Waals surface area contributed by atoms with E-state index in [1.54, 1.807) is 18.3 Å². The highest BCUT2D eigenvalue weighted by Crippen LogP contribution is 2.37. The molecule has 6 nitrogen and oxygen atoms in total. The van der Waals surface area contributed by atoms with E-state index < -0.39 is 0 Å². The van der Waals surface area contributed by atoms with Crippen molar-refractivity contribution in [2.24, 2.45) is 0 Å². The van der Waals surface area contributed by atoms with Gasteiger partial charge in [-0.05, 0) is 43.2 Å². The first-order valence-corrected chi connectivity index (χ1v) is 9.77. The SMILES string of the molecule is OCCNc1nccc(-c2c(-c3ccc(F)cc3)ncn2C2CCCCC2)n1. The second-order valence-electron chi connectivity index (χ2n) is 7.06. The summed E-state index contributed by atoms with van der Waals surface area (Å²) in [5.74, 6) is 0.197. The number of rotatable bonds is 6. The van der Waals surface area contributed by atoms with Crippen molar-refractivity contribution in [3.8, 4) is 22.6 Å². The lowest BCUT2D eigenvalue weighted by Crippen LogP contribution is -2.14. The van der Waals surface area contributed by atoms with Gasteiger partial charge < -0.3 is 15.0 Å². The third-order valence-electron chi connectivity index (χ3n) is 5.17. The van der Waals surface area contributed by atoms with E-state index in [4.69, 9.17) is 5.11 Å². The summed E-state index contributed by atoms with van der Waals surface area (Å²) in [4.78, 5) is 13.6. The molecule has 28 heavy (non-hydrogen) atoms. The first-order chi connectivity index (χ1) is 13.8. The lowest BCUT2D eigenvalue weighted by Gasteiger charge is -2.25. The van der Waals surface area contributed by atoms with Gasteiger partial charge in [0.05, 0.1) is 30.0 Å². The molecule has 1 aliphatic carbocycles. The van der Waals surface area contributed by atoms with Crippen LogP contribution in [-0.4, -0.2) is 37.8 Å². The summed E-state index contributed by atoms with van der Waals surface area (Å²) in [6, 6.07) is 8.65. The molecule has 2 N–H and O–H groups in total. The summed E-state index contributed by atoms with van der Waals surface area (Å²) in [5, 5.41) is 12.1. The lowest BCUT2D eigenvalue weighted by molar-refractivity contribution is 0.311. The number of halogens is 1. The molecule has 1 aromatic carbocycles. The highest BCUT2D eigenvalue weighted by atomic mass is 19.1. The first kappa shape index (κ1) is 18.6. The van der Waals surface area contributed by atoms with Crippen LogP contribution in [0.5, 0.6) is 0 Å². The molecule has 2 aromatic heterocycles. The number of benzene rings is 1. The molecule has 0 aliphatic heterocycles. The molecule has 1 saturated carbocycles. The second kappa shape index (κ2) is 8.48. The van der Waals surface area contributed by atoms with Crippen molar-refractivity contribution >= 4 is 5.95 Å². The minimum absolute atomic E-state index is 0.00836. The van der Waals surface area contributed by atoms with E-state index in [0.29, 0.717) is 18.5 Å². The molecule has 0 atom stereocenters. The maximum atomic E-state index is 13.4. The van der Waals surface area contributed by atoms with Crippen LogP contribution in [0.15, 0.2) is 42.9 Å². The molecule has 146 valence electrons. The van der Waals surface area contributed by atoms with Gasteiger partial charge in [0, 0.05) is 24.3 Å². The van der Waals surface area contributed by atoms with Crippen LogP contribution >= 0.6 is 0 Å². The third kappa shape index (κ3) is 3.89. The summed E-state index contributed by atoms with van der Waals surface area (Å²) < 4.78 is 15.6. The normalized spacial score (nSPS) is 14.9. The highest BCUT2D eigenvalue weighted by molar-refractivity contribution is 5.77. The van der Waals surface area contributed by atoms with E-state index in [2.05, 4.69) is 24.8 Å². The van der Waals surface area contributed by atoms with Gasteiger partial charge in [-0.25, -0.2) is 19.3 Å². The van der Waals surface area contributed by atoms with Crippen molar-refractivity contribution in [1.82, 2.24) is 19.5 Å². The Labute approximate surface area is 163 Å². The number of nitrogens with zero attached hydrogens (tertiary/aromatic N) is 4. The average molecular weight is 381 g/mol. The van der Waals surface area contributed by atoms with Crippen molar-refractivity contribution in [3.63, 3.8) is 0 Å². The predicted octanol–water partition coefficient (Wildman–Crippen LogP) is 4.06. The molecular weight excluding hydrogens is 357 g/mol. The van der Waals surface area contributed by atoms with Crippen LogP contribution in [0.4, 0.5) is 10.3 Å². The number of nitrogens with one attached hydrogen (secondary N) is 1. The Morgan fingerprint density at radius 3 is 2.61 bits per heavy atom. The Morgan fingerprint density at radius 2 is 1.86 bits per heavy atom. The van der Waals surface area contributed by atoms with Gasteiger partial charge in [0.15, 0.2) is 0 Å². The number of aliphatic hydroxyl groups excluding tert-OH is 1. The summed E-state index contributed by atoms with van der Waals surface area (Å²) in [7, 11) is 0. The van der Waals surface area contributed by atoms with Crippen LogP contribution in [0.3, 0.4) is 0 Å². The Morgan fingerprint density at radius 1 is 1.07 bits per heavy atom. The number of anilines is 1. The third-order valence-corrected chi connectivity index (χ3v) is 5.17. The van der Waals surface area contributed by atoms with Crippen LogP contribution in [0.25, 0.3) is 22.6 Å². The minimum atomic E-state index is -0.269. The van der Waals surface area contributed by atoms with E-state index in [-0.39, 0.29) is 12.4 Å². The fourth-order valence-corrected chi connectivity index (χ4v) is 3.81. The van der Waals surface area contributed by atoms with Gasteiger partial charge in [-0.3, -0.25) is 0 Å². The Hall–Kier alpha value is -2.80. The van der Waals surface area contributed by atoms with Crippen LogP contribution in [0, 0.1) is 5.82 Å². The molecule has 3 aromatic rings. The summed E-state index contributed by atoms with van der Waals surface area (Å²) >= 11 is 0. The van der Waals surface area contributed by atoms with E-state index in [9.17, 15) is 4.39 Å². The molecule has 0 radical (unpaired) electrons. The van der Waals surface area contributed by atoms with Gasteiger partial charge in [0.2, 0.25) is 5.95 Å². The van der Waals surface area contributed by atoms with E-state index in [1.165, 1.54) is 31.4 Å². The first-order valence-electron chi connectivity index (χ1n) is 9.77. The zero-order valence-electron chi connectivity index (χ0n) is 15.7. The van der Waals surface area contributed by atoms with Gasteiger partial charge in [0.25, 0.3) is 0 Å². The smallest absolute Gasteiger partial charge is 0.223 e. The maximum absolute atomic E-state index is 13.4. The van der Waals surface area contributed by atoms with E-state index >= 15 is 0 Å². The van der Waals surface area contributed by atoms with Crippen LogP contribution < -0.4 is 5.32 Å². The molecular formula is C21H24FN5O. The van der Waals surface area contributed by atoms with Crippen LogP contribution in [0.1, 0.15) is 38.1 Å². The van der Waals surface area contributed by atoms with Crippen molar-refractivity contribution in [3.05, 3.63) is 48.7 Å². The zero-order chi connectivity index (χ0) is 19.3. The molecule has 7 heteroatoms. The monoisotopic (exact) mass is 381 g/mol. The minimum Gasteiger partial charge on any atom is -0.395 e. The lowest BCUT2D eigenvalue weighted by atomic mass is 9.95. The Bertz CT molecular complexity index is 919. The molecule has 1 fully saturated rings. The van der Waals surface area contributed by atoms with E-state index in [0.717, 1.165) is 35.5 Å². The molecule has 2 heterocycles. The quantitative estimate of drug-likeness (QED) is 0.674. The van der Waals surface area contributed by atoms with Gasteiger partial charge in [-0.1, -0.05) is 19.3 Å². The maximum Gasteiger partial charge on any atom is 0.223 e. The van der Waals surface area contributed by atoms with Gasteiger partial charge in [0.1, 0.15) is 5.82 Å². The summed E-state index contributed by atoms with van der Waals surface area (Å²) in [6.45, 7) is 0.393. The molecule has 0 bridgehead atoms. The van der Waals surface area contributed by atoms with Crippen molar-refractivity contribution in [1.29, 1.82) is 0 Å². The summed E-state index contributed by atoms with van der Waals surface area (Å²) in [5.41, 5.74) is 3.33. The number of hydrogen-bond acceptors (Lipinski definition) is 5. The van der Waals surface area contributed by atoms with Gasteiger partial charge >= 0.3 is 0 Å². The molecule has 1 aliphatic rings. The fourth-order valence-electron chi connectivity index (χ4n) is 3.81. The standard InChI is InChI=1S/C21H24FN5O/c22-16-8-6-15(7-9-16)19-20(18-10-11-23-21(26-18)24-12-13-28)27(14-25-19)17-4-2-1-3-5-17/h6-11,14,17,28H,1-5,12-13H2,(H,23,24,26). The molecule has 0 unspecified atom stereocenters. The Kier molecular flexibility index (Phi) is 5.62.